The fourth-order valence-electron chi connectivity index (χ4n) is 4.32. The van der Waals surface area contributed by atoms with Gasteiger partial charge >= 0.3 is 0 Å². The number of anilines is 1. The Balaban J connectivity index is 1.83. The van der Waals surface area contributed by atoms with Crippen molar-refractivity contribution in [1.29, 1.82) is 0 Å². The van der Waals surface area contributed by atoms with Crippen LogP contribution in [-0.2, 0) is 16.1 Å². The molecule has 1 saturated heterocycles. The van der Waals surface area contributed by atoms with Crippen LogP contribution in [0.1, 0.15) is 28.3 Å². The molecule has 1 aliphatic heterocycles. The predicted octanol–water partition coefficient (Wildman–Crippen LogP) is 4.64. The van der Waals surface area contributed by atoms with Gasteiger partial charge in [-0.05, 0) is 60.0 Å². The lowest BCUT2D eigenvalue weighted by atomic mass is 9.93. The molecule has 1 aliphatic rings. The first-order valence-corrected chi connectivity index (χ1v) is 11.6. The third-order valence-electron chi connectivity index (χ3n) is 6.16. The molecule has 2 heterocycles. The summed E-state index contributed by atoms with van der Waals surface area (Å²) in [6, 6.07) is 15.7. The number of Topliss-reactive ketones (excluding diaryl/α,β-unsaturated/α-hetero) is 1. The Morgan fingerprint density at radius 3 is 2.53 bits per heavy atom. The van der Waals surface area contributed by atoms with Crippen LogP contribution in [0.2, 0.25) is 0 Å². The number of aliphatic hydroxyl groups is 1. The Kier molecular flexibility index (Phi) is 7.20. The number of aromatic nitrogens is 1. The largest absolute Gasteiger partial charge is 0.507 e. The van der Waals surface area contributed by atoms with E-state index in [1.165, 1.54) is 4.90 Å². The van der Waals surface area contributed by atoms with Crippen LogP contribution in [0, 0.1) is 6.92 Å². The molecule has 36 heavy (non-hydrogen) atoms. The van der Waals surface area contributed by atoms with Gasteiger partial charge in [0.25, 0.3) is 11.7 Å². The average molecular weight is 484 g/mol. The minimum atomic E-state index is -0.752. The number of aryl methyl sites for hydroxylation is 1. The SMILES string of the molecule is C=CCOc1ccc(C(O)=C2C(=O)C(=O)N(Cc3cccnc3)C2c2ccc(N(C)C)cc2)c(C)c1. The predicted molar refractivity (Wildman–Crippen MR) is 140 cm³/mol. The van der Waals surface area contributed by atoms with Crippen LogP contribution < -0.4 is 9.64 Å². The van der Waals surface area contributed by atoms with Gasteiger partial charge in [0.1, 0.15) is 18.1 Å². The molecule has 0 bridgehead atoms. The summed E-state index contributed by atoms with van der Waals surface area (Å²) in [6.45, 7) is 6.01. The highest BCUT2D eigenvalue weighted by Gasteiger charge is 2.46. The van der Waals surface area contributed by atoms with Gasteiger partial charge in [-0.25, -0.2) is 0 Å². The molecular formula is C29H29N3O4. The van der Waals surface area contributed by atoms with Crippen LogP contribution in [0.25, 0.3) is 5.76 Å². The summed E-state index contributed by atoms with van der Waals surface area (Å²) in [5.41, 5.74) is 3.74. The number of ketones is 1. The Morgan fingerprint density at radius 1 is 1.17 bits per heavy atom. The van der Waals surface area contributed by atoms with Crippen molar-refractivity contribution in [3.05, 3.63) is 107 Å². The van der Waals surface area contributed by atoms with Crippen molar-refractivity contribution in [2.45, 2.75) is 19.5 Å². The summed E-state index contributed by atoms with van der Waals surface area (Å²) in [5.74, 6) is -0.969. The Bertz CT molecular complexity index is 1310. The van der Waals surface area contributed by atoms with Gasteiger partial charge in [-0.1, -0.05) is 30.9 Å². The second-order valence-electron chi connectivity index (χ2n) is 8.85. The van der Waals surface area contributed by atoms with Crippen molar-refractivity contribution in [2.24, 2.45) is 0 Å². The normalized spacial score (nSPS) is 16.8. The number of nitrogens with zero attached hydrogens (tertiary/aromatic N) is 3. The van der Waals surface area contributed by atoms with E-state index < -0.39 is 17.7 Å². The van der Waals surface area contributed by atoms with Crippen LogP contribution >= 0.6 is 0 Å². The van der Waals surface area contributed by atoms with Crippen molar-refractivity contribution >= 4 is 23.1 Å². The number of hydrogen-bond donors (Lipinski definition) is 1. The van der Waals surface area contributed by atoms with E-state index in [0.29, 0.717) is 23.5 Å². The third kappa shape index (κ3) is 4.86. The summed E-state index contributed by atoms with van der Waals surface area (Å²) in [6.07, 6.45) is 4.96. The fraction of sp³-hybridized carbons (Fsp3) is 0.207. The molecule has 2 aromatic carbocycles. The first-order valence-electron chi connectivity index (χ1n) is 11.6. The molecule has 1 fully saturated rings. The van der Waals surface area contributed by atoms with Gasteiger partial charge in [0.05, 0.1) is 11.6 Å². The monoisotopic (exact) mass is 483 g/mol. The number of pyridine rings is 1. The number of amides is 1. The lowest BCUT2D eigenvalue weighted by molar-refractivity contribution is -0.140. The fourth-order valence-corrected chi connectivity index (χ4v) is 4.32. The molecule has 0 saturated carbocycles. The standard InChI is InChI=1S/C29H29N3O4/c1-5-15-36-23-12-13-24(19(2)16-23)27(33)25-26(21-8-10-22(11-9-21)31(3)4)32(29(35)28(25)34)18-20-7-6-14-30-17-20/h5-14,16-17,26,33H,1,15,18H2,2-4H3. The van der Waals surface area contributed by atoms with Crippen molar-refractivity contribution in [3.8, 4) is 5.75 Å². The third-order valence-corrected chi connectivity index (χ3v) is 6.16. The number of aliphatic hydroxyl groups excluding tert-OH is 1. The summed E-state index contributed by atoms with van der Waals surface area (Å²) in [5, 5.41) is 11.4. The molecule has 1 N–H and O–H groups in total. The lowest BCUT2D eigenvalue weighted by Gasteiger charge is -2.26. The Hall–Kier alpha value is -4.39. The first kappa shape index (κ1) is 24.7. The van der Waals surface area contributed by atoms with Crippen LogP contribution in [-0.4, -0.2) is 47.4 Å². The highest BCUT2D eigenvalue weighted by Crippen LogP contribution is 2.41. The molecule has 1 amide bonds. The summed E-state index contributed by atoms with van der Waals surface area (Å²) < 4.78 is 5.58. The van der Waals surface area contributed by atoms with Gasteiger partial charge in [-0.3, -0.25) is 14.6 Å². The van der Waals surface area contributed by atoms with E-state index in [-0.39, 0.29) is 17.9 Å². The maximum atomic E-state index is 13.3. The first-order chi connectivity index (χ1) is 17.3. The number of carbonyl (C=O) groups is 2. The lowest BCUT2D eigenvalue weighted by Crippen LogP contribution is -2.29. The molecule has 1 unspecified atom stereocenters. The number of likely N-dealkylation sites (tertiary alicyclic amines) is 1. The zero-order valence-electron chi connectivity index (χ0n) is 20.6. The van der Waals surface area contributed by atoms with E-state index >= 15 is 0 Å². The summed E-state index contributed by atoms with van der Waals surface area (Å²) in [4.78, 5) is 34.2. The van der Waals surface area contributed by atoms with Crippen LogP contribution in [0.4, 0.5) is 5.69 Å². The number of carbonyl (C=O) groups excluding carboxylic acids is 2. The van der Waals surface area contributed by atoms with Gasteiger partial charge in [0.15, 0.2) is 0 Å². The zero-order chi connectivity index (χ0) is 25.8. The zero-order valence-corrected chi connectivity index (χ0v) is 20.6. The van der Waals surface area contributed by atoms with Crippen molar-refractivity contribution < 1.29 is 19.4 Å². The smallest absolute Gasteiger partial charge is 0.295 e. The molecule has 184 valence electrons. The van der Waals surface area contributed by atoms with Gasteiger partial charge < -0.3 is 19.6 Å². The second-order valence-corrected chi connectivity index (χ2v) is 8.85. The average Bonchev–Trinajstić information content (AvgIpc) is 3.12. The maximum Gasteiger partial charge on any atom is 0.295 e. The topological polar surface area (TPSA) is 83.0 Å². The van der Waals surface area contributed by atoms with E-state index in [1.807, 2.05) is 56.3 Å². The molecule has 1 atom stereocenters. The van der Waals surface area contributed by atoms with E-state index in [9.17, 15) is 14.7 Å². The highest BCUT2D eigenvalue weighted by atomic mass is 16.5. The van der Waals surface area contributed by atoms with Crippen LogP contribution in [0.3, 0.4) is 0 Å². The van der Waals surface area contributed by atoms with E-state index in [2.05, 4.69) is 11.6 Å². The number of benzene rings is 2. The number of rotatable bonds is 8. The van der Waals surface area contributed by atoms with Crippen molar-refractivity contribution in [2.75, 3.05) is 25.6 Å². The van der Waals surface area contributed by atoms with Gasteiger partial charge in [-0.15, -0.1) is 0 Å². The minimum absolute atomic E-state index is 0.0596. The molecule has 1 aromatic heterocycles. The van der Waals surface area contributed by atoms with Gasteiger partial charge in [-0.2, -0.15) is 0 Å². The number of ether oxygens (including phenoxy) is 1. The van der Waals surface area contributed by atoms with Crippen molar-refractivity contribution in [3.63, 3.8) is 0 Å². The highest BCUT2D eigenvalue weighted by molar-refractivity contribution is 6.46. The van der Waals surface area contributed by atoms with E-state index in [1.54, 1.807) is 42.7 Å². The van der Waals surface area contributed by atoms with E-state index in [4.69, 9.17) is 4.74 Å². The maximum absolute atomic E-state index is 13.3. The molecule has 0 radical (unpaired) electrons. The van der Waals surface area contributed by atoms with Crippen molar-refractivity contribution in [1.82, 2.24) is 9.88 Å². The molecule has 0 aliphatic carbocycles. The molecule has 7 nitrogen and oxygen atoms in total. The Morgan fingerprint density at radius 2 is 1.92 bits per heavy atom. The summed E-state index contributed by atoms with van der Waals surface area (Å²) >= 11 is 0. The number of hydrogen-bond acceptors (Lipinski definition) is 6. The van der Waals surface area contributed by atoms with Crippen LogP contribution in [0.15, 0.2) is 85.2 Å². The second kappa shape index (κ2) is 10.5. The molecule has 7 heteroatoms. The molecular weight excluding hydrogens is 454 g/mol. The minimum Gasteiger partial charge on any atom is -0.507 e. The van der Waals surface area contributed by atoms with Crippen LogP contribution in [0.5, 0.6) is 5.75 Å². The van der Waals surface area contributed by atoms with E-state index in [0.717, 1.165) is 16.8 Å². The summed E-state index contributed by atoms with van der Waals surface area (Å²) in [7, 11) is 3.88. The molecule has 0 spiro atoms. The quantitative estimate of drug-likeness (QED) is 0.218. The molecule has 4 rings (SSSR count). The molecule has 3 aromatic rings. The van der Waals surface area contributed by atoms with Gasteiger partial charge in [0, 0.05) is 44.3 Å². The van der Waals surface area contributed by atoms with Gasteiger partial charge in [0.2, 0.25) is 0 Å². The Labute approximate surface area is 211 Å².